The van der Waals surface area contributed by atoms with Gasteiger partial charge in [-0.1, -0.05) is 50.2 Å². The zero-order valence-corrected chi connectivity index (χ0v) is 19.6. The van der Waals surface area contributed by atoms with Crippen LogP contribution >= 0.6 is 0 Å². The summed E-state index contributed by atoms with van der Waals surface area (Å²) in [7, 11) is 0. The maximum absolute atomic E-state index is 5.99. The number of hydrogen-bond acceptors (Lipinski definition) is 4. The first-order chi connectivity index (χ1) is 15.7. The molecule has 0 atom stereocenters. The highest BCUT2D eigenvalue weighted by atomic mass is 16.5. The van der Waals surface area contributed by atoms with Crippen LogP contribution in [-0.4, -0.2) is 0 Å². The van der Waals surface area contributed by atoms with Crippen LogP contribution in [0.5, 0.6) is 23.0 Å². The zero-order chi connectivity index (χ0) is 23.6. The van der Waals surface area contributed by atoms with Crippen molar-refractivity contribution in [2.45, 2.75) is 33.1 Å². The van der Waals surface area contributed by atoms with Crippen LogP contribution in [0.3, 0.4) is 0 Å². The summed E-state index contributed by atoms with van der Waals surface area (Å²) >= 11 is 0. The van der Waals surface area contributed by atoms with Gasteiger partial charge in [-0.2, -0.15) is 0 Å². The molecule has 4 rings (SSSR count). The highest BCUT2D eigenvalue weighted by molar-refractivity contribution is 5.53. The summed E-state index contributed by atoms with van der Waals surface area (Å²) in [4.78, 5) is 0. The van der Waals surface area contributed by atoms with Gasteiger partial charge in [0.05, 0.1) is 0 Å². The number of aryl methyl sites for hydroxylation is 2. The minimum absolute atomic E-state index is 0.181. The Labute approximate surface area is 195 Å². The predicted molar refractivity (Wildman–Crippen MR) is 136 cm³/mol. The summed E-state index contributed by atoms with van der Waals surface area (Å²) in [5.41, 5.74) is 17.7. The van der Waals surface area contributed by atoms with E-state index in [0.29, 0.717) is 0 Å². The molecule has 0 unspecified atom stereocenters. The largest absolute Gasteiger partial charge is 0.457 e. The second-order valence-corrected chi connectivity index (χ2v) is 8.91. The van der Waals surface area contributed by atoms with Gasteiger partial charge in [0.25, 0.3) is 0 Å². The number of ether oxygens (including phenoxy) is 2. The fourth-order valence-electron chi connectivity index (χ4n) is 3.68. The fourth-order valence-corrected chi connectivity index (χ4v) is 3.68. The minimum atomic E-state index is -0.181. The van der Waals surface area contributed by atoms with E-state index in [1.54, 1.807) is 0 Å². The Morgan fingerprint density at radius 3 is 1.18 bits per heavy atom. The van der Waals surface area contributed by atoms with Gasteiger partial charge in [0.1, 0.15) is 23.0 Å². The average Bonchev–Trinajstić information content (AvgIpc) is 2.80. The standard InChI is InChI=1S/C29H30N2O2/c1-19-5-11-25(17-27(19)30)32-23-13-7-21(8-14-23)29(3,4)22-9-15-24(16-10-22)33-26-12-6-20(2)28(31)18-26/h5-18H,30-31H2,1-4H3. The molecule has 0 spiro atoms. The van der Waals surface area contributed by atoms with Gasteiger partial charge in [-0.05, 0) is 72.5 Å². The Kier molecular flexibility index (Phi) is 6.01. The van der Waals surface area contributed by atoms with Gasteiger partial charge < -0.3 is 20.9 Å². The lowest BCUT2D eigenvalue weighted by molar-refractivity contribution is 0.481. The topological polar surface area (TPSA) is 70.5 Å². The van der Waals surface area contributed by atoms with E-state index in [1.807, 2.05) is 74.5 Å². The maximum atomic E-state index is 5.99. The van der Waals surface area contributed by atoms with E-state index in [1.165, 1.54) is 11.1 Å². The molecule has 33 heavy (non-hydrogen) atoms. The quantitative estimate of drug-likeness (QED) is 0.308. The van der Waals surface area contributed by atoms with Gasteiger partial charge in [0, 0.05) is 28.9 Å². The van der Waals surface area contributed by atoms with Crippen LogP contribution in [0.2, 0.25) is 0 Å². The smallest absolute Gasteiger partial charge is 0.129 e. The maximum Gasteiger partial charge on any atom is 0.129 e. The summed E-state index contributed by atoms with van der Waals surface area (Å²) in [6.45, 7) is 8.38. The van der Waals surface area contributed by atoms with Crippen LogP contribution in [0.25, 0.3) is 0 Å². The second-order valence-electron chi connectivity index (χ2n) is 8.91. The van der Waals surface area contributed by atoms with Crippen molar-refractivity contribution >= 4 is 11.4 Å². The first-order valence-corrected chi connectivity index (χ1v) is 11.0. The summed E-state index contributed by atoms with van der Waals surface area (Å²) in [6, 6.07) is 27.9. The molecule has 168 valence electrons. The lowest BCUT2D eigenvalue weighted by Crippen LogP contribution is -2.18. The molecule has 4 aromatic carbocycles. The van der Waals surface area contributed by atoms with E-state index in [4.69, 9.17) is 20.9 Å². The van der Waals surface area contributed by atoms with Gasteiger partial charge >= 0.3 is 0 Å². The molecular weight excluding hydrogens is 408 g/mol. The fraction of sp³-hybridized carbons (Fsp3) is 0.172. The van der Waals surface area contributed by atoms with Crippen LogP contribution in [0.1, 0.15) is 36.1 Å². The Hall–Kier alpha value is -3.92. The molecule has 0 saturated heterocycles. The number of benzene rings is 4. The highest BCUT2D eigenvalue weighted by Gasteiger charge is 2.23. The summed E-state index contributed by atoms with van der Waals surface area (Å²) in [5.74, 6) is 3.02. The number of nitrogen functional groups attached to an aromatic ring is 2. The third-order valence-corrected chi connectivity index (χ3v) is 6.12. The minimum Gasteiger partial charge on any atom is -0.457 e. The number of hydrogen-bond donors (Lipinski definition) is 2. The predicted octanol–water partition coefficient (Wildman–Crippen LogP) is 7.38. The molecule has 0 saturated carbocycles. The lowest BCUT2D eigenvalue weighted by atomic mass is 9.78. The van der Waals surface area contributed by atoms with E-state index < -0.39 is 0 Å². The second kappa shape index (κ2) is 8.91. The van der Waals surface area contributed by atoms with E-state index in [9.17, 15) is 0 Å². The van der Waals surface area contributed by atoms with Crippen molar-refractivity contribution in [1.29, 1.82) is 0 Å². The van der Waals surface area contributed by atoms with Crippen molar-refractivity contribution in [3.05, 3.63) is 107 Å². The molecule has 4 nitrogen and oxygen atoms in total. The molecule has 0 aromatic heterocycles. The van der Waals surface area contributed by atoms with Gasteiger partial charge in [-0.15, -0.1) is 0 Å². The van der Waals surface area contributed by atoms with Crippen LogP contribution in [0.4, 0.5) is 11.4 Å². The molecule has 4 heteroatoms. The number of nitrogens with two attached hydrogens (primary N) is 2. The van der Waals surface area contributed by atoms with Gasteiger partial charge in [-0.25, -0.2) is 0 Å². The zero-order valence-electron chi connectivity index (χ0n) is 19.6. The van der Waals surface area contributed by atoms with Gasteiger partial charge in [0.2, 0.25) is 0 Å². The van der Waals surface area contributed by atoms with E-state index in [0.717, 1.165) is 45.5 Å². The van der Waals surface area contributed by atoms with Crippen LogP contribution < -0.4 is 20.9 Å². The molecule has 4 N–H and O–H groups in total. The Morgan fingerprint density at radius 2 is 0.848 bits per heavy atom. The molecule has 0 radical (unpaired) electrons. The van der Waals surface area contributed by atoms with Gasteiger partial charge in [0.15, 0.2) is 0 Å². The molecule has 0 fully saturated rings. The third-order valence-electron chi connectivity index (χ3n) is 6.12. The van der Waals surface area contributed by atoms with Crippen molar-refractivity contribution in [1.82, 2.24) is 0 Å². The van der Waals surface area contributed by atoms with Crippen molar-refractivity contribution in [2.24, 2.45) is 0 Å². The van der Waals surface area contributed by atoms with Crippen molar-refractivity contribution < 1.29 is 9.47 Å². The summed E-state index contributed by atoms with van der Waals surface area (Å²) < 4.78 is 11.9. The van der Waals surface area contributed by atoms with Gasteiger partial charge in [-0.3, -0.25) is 0 Å². The van der Waals surface area contributed by atoms with Crippen molar-refractivity contribution in [3.8, 4) is 23.0 Å². The monoisotopic (exact) mass is 438 g/mol. The molecule has 0 bridgehead atoms. The SMILES string of the molecule is Cc1ccc(Oc2ccc(C(C)(C)c3ccc(Oc4ccc(C)c(N)c4)cc3)cc2)cc1N. The van der Waals surface area contributed by atoms with Crippen LogP contribution in [-0.2, 0) is 5.41 Å². The molecule has 0 amide bonds. The summed E-state index contributed by atoms with van der Waals surface area (Å²) in [6.07, 6.45) is 0. The lowest BCUT2D eigenvalue weighted by Gasteiger charge is -2.26. The third kappa shape index (κ3) is 4.96. The van der Waals surface area contributed by atoms with E-state index in [-0.39, 0.29) is 5.41 Å². The molecule has 0 aliphatic carbocycles. The Bertz CT molecular complexity index is 1160. The normalized spacial score (nSPS) is 11.3. The first kappa shape index (κ1) is 22.3. The Morgan fingerprint density at radius 1 is 0.515 bits per heavy atom. The highest BCUT2D eigenvalue weighted by Crippen LogP contribution is 2.35. The molecule has 4 aromatic rings. The molecule has 0 heterocycles. The molecule has 0 aliphatic heterocycles. The average molecular weight is 439 g/mol. The number of rotatable bonds is 6. The van der Waals surface area contributed by atoms with Crippen molar-refractivity contribution in [3.63, 3.8) is 0 Å². The van der Waals surface area contributed by atoms with Crippen molar-refractivity contribution in [2.75, 3.05) is 11.5 Å². The van der Waals surface area contributed by atoms with E-state index >= 15 is 0 Å². The van der Waals surface area contributed by atoms with Crippen LogP contribution in [0.15, 0.2) is 84.9 Å². The summed E-state index contributed by atoms with van der Waals surface area (Å²) in [5, 5.41) is 0. The Balaban J connectivity index is 1.47. The van der Waals surface area contributed by atoms with Crippen LogP contribution in [0, 0.1) is 13.8 Å². The first-order valence-electron chi connectivity index (χ1n) is 11.0. The molecular formula is C29H30N2O2. The molecule has 0 aliphatic rings. The number of anilines is 2. The van der Waals surface area contributed by atoms with E-state index in [2.05, 4.69) is 38.1 Å².